The number of thioether (sulfide) groups is 1. The van der Waals surface area contributed by atoms with E-state index in [2.05, 4.69) is 10.3 Å². The lowest BCUT2D eigenvalue weighted by molar-refractivity contribution is -0.120. The smallest absolute Gasteiger partial charge is 0.322 e. The van der Waals surface area contributed by atoms with E-state index in [1.165, 1.54) is 17.3 Å². The molecule has 1 aromatic carbocycles. The van der Waals surface area contributed by atoms with Crippen molar-refractivity contribution in [2.75, 3.05) is 24.1 Å². The van der Waals surface area contributed by atoms with Crippen LogP contribution in [0.1, 0.15) is 18.4 Å². The number of hydrogen-bond donors (Lipinski definition) is 3. The van der Waals surface area contributed by atoms with Gasteiger partial charge in [0.05, 0.1) is 6.54 Å². The van der Waals surface area contributed by atoms with E-state index in [0.29, 0.717) is 37.3 Å². The van der Waals surface area contributed by atoms with Crippen molar-refractivity contribution in [2.24, 2.45) is 5.73 Å². The van der Waals surface area contributed by atoms with E-state index < -0.39 is 10.7 Å². The van der Waals surface area contributed by atoms with E-state index in [0.717, 1.165) is 10.5 Å². The van der Waals surface area contributed by atoms with Crippen molar-refractivity contribution in [2.45, 2.75) is 17.6 Å². The van der Waals surface area contributed by atoms with E-state index >= 15 is 0 Å². The molecule has 0 radical (unpaired) electrons. The standard InChI is InChI=1S/C20H21N5O2S/c21-16-4-2-1-3-15(16)20(18(22)26)11-13-7-10-25(12-17(13)28-20)19(27)24-14-5-8-23-9-6-14/h1-6,8-9H,7,10-12,21H2,(H2,22,26)(H,23,24,27). The minimum Gasteiger partial charge on any atom is -0.398 e. The van der Waals surface area contributed by atoms with Crippen LogP contribution in [0.4, 0.5) is 16.2 Å². The first-order chi connectivity index (χ1) is 13.5. The minimum absolute atomic E-state index is 0.172. The van der Waals surface area contributed by atoms with Gasteiger partial charge in [-0.1, -0.05) is 23.8 Å². The summed E-state index contributed by atoms with van der Waals surface area (Å²) in [6.07, 6.45) is 4.51. The Hall–Kier alpha value is -3.00. The highest BCUT2D eigenvalue weighted by Gasteiger charge is 2.48. The van der Waals surface area contributed by atoms with Gasteiger partial charge in [-0.2, -0.15) is 0 Å². The van der Waals surface area contributed by atoms with Crippen molar-refractivity contribution in [1.29, 1.82) is 0 Å². The second kappa shape index (κ2) is 7.20. The molecule has 1 aromatic heterocycles. The van der Waals surface area contributed by atoms with Gasteiger partial charge >= 0.3 is 6.03 Å². The molecule has 3 heterocycles. The second-order valence-corrected chi connectivity index (χ2v) is 8.32. The van der Waals surface area contributed by atoms with Crippen molar-refractivity contribution in [1.82, 2.24) is 9.88 Å². The van der Waals surface area contributed by atoms with E-state index in [-0.39, 0.29) is 6.03 Å². The number of primary amides is 1. The first-order valence-electron chi connectivity index (χ1n) is 9.00. The Bertz CT molecular complexity index is 962. The lowest BCUT2D eigenvalue weighted by Crippen LogP contribution is -2.39. The molecule has 4 rings (SSSR count). The molecule has 2 aliphatic heterocycles. The maximum absolute atomic E-state index is 12.6. The maximum atomic E-state index is 12.6. The number of nitrogens with zero attached hydrogens (tertiary/aromatic N) is 2. The molecule has 28 heavy (non-hydrogen) atoms. The Morgan fingerprint density at radius 2 is 1.93 bits per heavy atom. The Morgan fingerprint density at radius 1 is 1.18 bits per heavy atom. The molecule has 0 saturated heterocycles. The normalized spacial score (nSPS) is 21.4. The van der Waals surface area contributed by atoms with Crippen molar-refractivity contribution >= 4 is 35.1 Å². The Balaban J connectivity index is 1.53. The SMILES string of the molecule is NC(=O)C1(c2ccccc2N)CC2=C(CN(C(=O)Nc3ccncc3)CC2)S1. The number of benzene rings is 1. The summed E-state index contributed by atoms with van der Waals surface area (Å²) in [7, 11) is 0. The predicted octanol–water partition coefficient (Wildman–Crippen LogP) is 2.67. The van der Waals surface area contributed by atoms with Gasteiger partial charge in [0.2, 0.25) is 5.91 Å². The zero-order valence-corrected chi connectivity index (χ0v) is 16.0. The van der Waals surface area contributed by atoms with Gasteiger partial charge in [0, 0.05) is 40.8 Å². The predicted molar refractivity (Wildman–Crippen MR) is 110 cm³/mol. The van der Waals surface area contributed by atoms with Crippen LogP contribution in [0.25, 0.3) is 0 Å². The van der Waals surface area contributed by atoms with Crippen LogP contribution in [0.15, 0.2) is 59.3 Å². The number of para-hydroxylation sites is 1. The molecular weight excluding hydrogens is 374 g/mol. The van der Waals surface area contributed by atoms with Crippen LogP contribution in [0.2, 0.25) is 0 Å². The first-order valence-corrected chi connectivity index (χ1v) is 9.82. The second-order valence-electron chi connectivity index (χ2n) is 6.92. The highest BCUT2D eigenvalue weighted by Crippen LogP contribution is 2.55. The van der Waals surface area contributed by atoms with Crippen LogP contribution in [0.3, 0.4) is 0 Å². The summed E-state index contributed by atoms with van der Waals surface area (Å²) in [6.45, 7) is 1.05. The molecular formula is C20H21N5O2S. The molecule has 0 spiro atoms. The van der Waals surface area contributed by atoms with Crippen molar-refractivity contribution in [3.05, 3.63) is 64.8 Å². The van der Waals surface area contributed by atoms with Gasteiger partial charge < -0.3 is 21.7 Å². The molecule has 0 aliphatic carbocycles. The number of nitrogens with one attached hydrogen (secondary N) is 1. The van der Waals surface area contributed by atoms with Crippen molar-refractivity contribution < 1.29 is 9.59 Å². The number of rotatable bonds is 3. The summed E-state index contributed by atoms with van der Waals surface area (Å²) in [6, 6.07) is 10.7. The molecule has 7 nitrogen and oxygen atoms in total. The molecule has 8 heteroatoms. The van der Waals surface area contributed by atoms with Crippen LogP contribution in [0.5, 0.6) is 0 Å². The largest absolute Gasteiger partial charge is 0.398 e. The molecule has 3 amide bonds. The minimum atomic E-state index is -0.909. The van der Waals surface area contributed by atoms with E-state index in [4.69, 9.17) is 11.5 Å². The average Bonchev–Trinajstić information content (AvgIpc) is 3.09. The molecule has 144 valence electrons. The van der Waals surface area contributed by atoms with E-state index in [1.807, 2.05) is 18.2 Å². The van der Waals surface area contributed by atoms with E-state index in [9.17, 15) is 9.59 Å². The summed E-state index contributed by atoms with van der Waals surface area (Å²) < 4.78 is -0.909. The molecule has 0 saturated carbocycles. The first kappa shape index (κ1) is 18.4. The number of nitrogens with two attached hydrogens (primary N) is 2. The Labute approximate surface area is 167 Å². The topological polar surface area (TPSA) is 114 Å². The quantitative estimate of drug-likeness (QED) is 0.691. The highest BCUT2D eigenvalue weighted by atomic mass is 32.2. The summed E-state index contributed by atoms with van der Waals surface area (Å²) in [4.78, 5) is 31.8. The van der Waals surface area contributed by atoms with Crippen LogP contribution in [-0.4, -0.2) is 34.9 Å². The van der Waals surface area contributed by atoms with Gasteiger partial charge in [0.1, 0.15) is 4.75 Å². The van der Waals surface area contributed by atoms with Crippen LogP contribution in [-0.2, 0) is 9.54 Å². The Morgan fingerprint density at radius 3 is 2.64 bits per heavy atom. The van der Waals surface area contributed by atoms with Crippen LogP contribution >= 0.6 is 11.8 Å². The van der Waals surface area contributed by atoms with Gasteiger partial charge in [-0.05, 0) is 31.0 Å². The molecule has 5 N–H and O–H groups in total. The van der Waals surface area contributed by atoms with E-state index in [1.54, 1.807) is 35.5 Å². The summed E-state index contributed by atoms with van der Waals surface area (Å²) in [5, 5.41) is 2.88. The molecule has 2 aliphatic rings. The fraction of sp³-hybridized carbons (Fsp3) is 0.250. The Kier molecular flexibility index (Phi) is 4.72. The van der Waals surface area contributed by atoms with Gasteiger partial charge in [-0.3, -0.25) is 9.78 Å². The number of urea groups is 1. The maximum Gasteiger partial charge on any atom is 0.322 e. The third-order valence-electron chi connectivity index (χ3n) is 5.18. The zero-order valence-electron chi connectivity index (χ0n) is 15.2. The summed E-state index contributed by atoms with van der Waals surface area (Å²) >= 11 is 1.44. The monoisotopic (exact) mass is 395 g/mol. The zero-order chi connectivity index (χ0) is 19.7. The van der Waals surface area contributed by atoms with Crippen molar-refractivity contribution in [3.63, 3.8) is 0 Å². The summed E-state index contributed by atoms with van der Waals surface area (Å²) in [5.74, 6) is -0.405. The molecule has 2 aromatic rings. The number of carbonyl (C=O) groups excluding carboxylic acids is 2. The van der Waals surface area contributed by atoms with Crippen LogP contribution < -0.4 is 16.8 Å². The summed E-state index contributed by atoms with van der Waals surface area (Å²) in [5.41, 5.74) is 15.2. The van der Waals surface area contributed by atoms with Crippen LogP contribution in [0, 0.1) is 0 Å². The number of pyridine rings is 1. The molecule has 1 unspecified atom stereocenters. The third-order valence-corrected chi connectivity index (χ3v) is 6.76. The lowest BCUT2D eigenvalue weighted by Gasteiger charge is -2.28. The highest BCUT2D eigenvalue weighted by molar-refractivity contribution is 8.05. The number of carbonyl (C=O) groups is 2. The molecule has 1 atom stereocenters. The van der Waals surface area contributed by atoms with Gasteiger partial charge in [-0.25, -0.2) is 4.79 Å². The molecule has 0 fully saturated rings. The van der Waals surface area contributed by atoms with Gasteiger partial charge in [0.25, 0.3) is 0 Å². The number of anilines is 2. The van der Waals surface area contributed by atoms with Gasteiger partial charge in [0.15, 0.2) is 0 Å². The fourth-order valence-corrected chi connectivity index (χ4v) is 5.31. The van der Waals surface area contributed by atoms with Crippen molar-refractivity contribution in [3.8, 4) is 0 Å². The number of nitrogen functional groups attached to an aromatic ring is 1. The lowest BCUT2D eigenvalue weighted by atomic mass is 9.87. The fourth-order valence-electron chi connectivity index (χ4n) is 3.71. The van der Waals surface area contributed by atoms with Gasteiger partial charge in [-0.15, -0.1) is 11.8 Å². The number of hydrogen-bond acceptors (Lipinski definition) is 5. The average molecular weight is 395 g/mol. The number of amides is 3. The number of aromatic nitrogens is 1. The molecule has 0 bridgehead atoms. The third kappa shape index (κ3) is 3.20.